The van der Waals surface area contributed by atoms with Crippen LogP contribution < -0.4 is 0 Å². The van der Waals surface area contributed by atoms with Gasteiger partial charge in [-0.2, -0.15) is 0 Å². The van der Waals surface area contributed by atoms with Gasteiger partial charge in [-0.25, -0.2) is 0 Å². The summed E-state index contributed by atoms with van der Waals surface area (Å²) in [6, 6.07) is 10.3. The highest BCUT2D eigenvalue weighted by Crippen LogP contribution is 1.92. The minimum atomic E-state index is -0.514. The van der Waals surface area contributed by atoms with E-state index in [9.17, 15) is 0 Å². The summed E-state index contributed by atoms with van der Waals surface area (Å²) in [5.74, 6) is 0. The third-order valence-electron chi connectivity index (χ3n) is 1.52. The summed E-state index contributed by atoms with van der Waals surface area (Å²) < 4.78 is 13.8. The van der Waals surface area contributed by atoms with E-state index in [2.05, 4.69) is 33.0 Å². The number of aryl methyl sites for hydroxylation is 1. The number of benzene rings is 1. The van der Waals surface area contributed by atoms with Crippen LogP contribution in [0.2, 0.25) is 0 Å². The zero-order valence-corrected chi connectivity index (χ0v) is 9.19. The molecule has 4 heteroatoms. The van der Waals surface area contributed by atoms with Gasteiger partial charge in [0.25, 0.3) is 0 Å². The molecule has 0 unspecified atom stereocenters. The maximum Gasteiger partial charge on any atom is 0.638 e. The quantitative estimate of drug-likeness (QED) is 0.691. The Balaban J connectivity index is 0.000000241. The zero-order chi connectivity index (χ0) is 10.8. The lowest BCUT2D eigenvalue weighted by Crippen LogP contribution is -2.21. The van der Waals surface area contributed by atoms with Crippen molar-refractivity contribution in [3.05, 3.63) is 35.9 Å². The van der Waals surface area contributed by atoms with Gasteiger partial charge in [-0.05, 0) is 6.92 Å². The Bertz CT molecular complexity index is 206. The summed E-state index contributed by atoms with van der Waals surface area (Å²) in [6.45, 7) is 2.08. The maximum atomic E-state index is 4.60. The normalized spacial score (nSPS) is 8.86. The van der Waals surface area contributed by atoms with E-state index in [4.69, 9.17) is 0 Å². The first kappa shape index (κ1) is 13.2. The highest BCUT2D eigenvalue weighted by molar-refractivity contribution is 6.36. The first-order chi connectivity index (χ1) is 6.74. The first-order valence-electron chi connectivity index (χ1n) is 4.34. The average molecular weight is 196 g/mol. The van der Waals surface area contributed by atoms with E-state index in [1.165, 1.54) is 26.9 Å². The molecule has 0 saturated heterocycles. The average Bonchev–Trinajstić information content (AvgIpc) is 2.22. The monoisotopic (exact) mass is 196 g/mol. The fourth-order valence-corrected chi connectivity index (χ4v) is 0.823. The summed E-state index contributed by atoms with van der Waals surface area (Å²) in [5, 5.41) is 0. The van der Waals surface area contributed by atoms with Crippen LogP contribution >= 0.6 is 0 Å². The molecule has 1 rings (SSSR count). The van der Waals surface area contributed by atoms with Crippen LogP contribution in [0.15, 0.2) is 30.3 Å². The van der Waals surface area contributed by atoms with Crippen molar-refractivity contribution in [3.63, 3.8) is 0 Å². The van der Waals surface area contributed by atoms with Crippen LogP contribution in [-0.2, 0) is 14.0 Å². The van der Waals surface area contributed by atoms with Gasteiger partial charge in [-0.15, -0.1) is 0 Å². The van der Waals surface area contributed by atoms with Gasteiger partial charge in [0.1, 0.15) is 0 Å². The molecule has 1 aromatic carbocycles. The summed E-state index contributed by atoms with van der Waals surface area (Å²) in [7, 11) is 4.02. The van der Waals surface area contributed by atoms with E-state index in [-0.39, 0.29) is 0 Å². The van der Waals surface area contributed by atoms with E-state index in [0.717, 1.165) is 0 Å². The summed E-state index contributed by atoms with van der Waals surface area (Å²) in [6.07, 6.45) is 0. The van der Waals surface area contributed by atoms with Gasteiger partial charge in [0.2, 0.25) is 0 Å². The Morgan fingerprint density at radius 2 is 1.29 bits per heavy atom. The van der Waals surface area contributed by atoms with Gasteiger partial charge in [-0.3, -0.25) is 0 Å². The minimum absolute atomic E-state index is 0.514. The lowest BCUT2D eigenvalue weighted by molar-refractivity contribution is 0.163. The highest BCUT2D eigenvalue weighted by atomic mass is 16.7. The second-order valence-corrected chi connectivity index (χ2v) is 2.65. The summed E-state index contributed by atoms with van der Waals surface area (Å²) in [5.41, 5.74) is 1.32. The molecule has 78 valence electrons. The molecule has 0 spiro atoms. The minimum Gasteiger partial charge on any atom is -0.389 e. The largest absolute Gasteiger partial charge is 0.638 e. The maximum absolute atomic E-state index is 4.60. The Labute approximate surface area is 86.2 Å². The molecular weight excluding hydrogens is 179 g/mol. The van der Waals surface area contributed by atoms with E-state index in [0.29, 0.717) is 0 Å². The Morgan fingerprint density at radius 3 is 1.43 bits per heavy atom. The fraction of sp³-hybridized carbons (Fsp3) is 0.400. The smallest absolute Gasteiger partial charge is 0.389 e. The molecule has 0 atom stereocenters. The molecule has 14 heavy (non-hydrogen) atoms. The van der Waals surface area contributed by atoms with Crippen LogP contribution in [0.3, 0.4) is 0 Å². The predicted molar refractivity (Wildman–Crippen MR) is 58.0 cm³/mol. The van der Waals surface area contributed by atoms with Gasteiger partial charge in [0.15, 0.2) is 0 Å². The first-order valence-corrected chi connectivity index (χ1v) is 4.34. The Kier molecular flexibility index (Phi) is 8.23. The molecular formula is C10H17BO3. The molecule has 0 aliphatic heterocycles. The van der Waals surface area contributed by atoms with E-state index >= 15 is 0 Å². The van der Waals surface area contributed by atoms with Gasteiger partial charge in [0, 0.05) is 21.3 Å². The lowest BCUT2D eigenvalue weighted by Gasteiger charge is -2.01. The van der Waals surface area contributed by atoms with E-state index < -0.39 is 7.32 Å². The van der Waals surface area contributed by atoms with Crippen LogP contribution in [0.4, 0.5) is 0 Å². The molecule has 0 heterocycles. The summed E-state index contributed by atoms with van der Waals surface area (Å²) in [4.78, 5) is 0. The van der Waals surface area contributed by atoms with Gasteiger partial charge in [0.05, 0.1) is 0 Å². The SMILES string of the molecule is COB(OC)OC.Cc1ccccc1. The molecule has 3 nitrogen and oxygen atoms in total. The van der Waals surface area contributed by atoms with Crippen molar-refractivity contribution in [3.8, 4) is 0 Å². The van der Waals surface area contributed by atoms with Gasteiger partial charge >= 0.3 is 7.32 Å². The van der Waals surface area contributed by atoms with Gasteiger partial charge in [-0.1, -0.05) is 35.9 Å². The number of rotatable bonds is 3. The molecule has 0 amide bonds. The molecule has 0 aromatic heterocycles. The molecule has 0 aliphatic rings. The van der Waals surface area contributed by atoms with Crippen molar-refractivity contribution in [2.75, 3.05) is 21.3 Å². The van der Waals surface area contributed by atoms with Gasteiger partial charge < -0.3 is 14.0 Å². The Morgan fingerprint density at radius 1 is 0.857 bits per heavy atom. The number of hydrogen-bond acceptors (Lipinski definition) is 3. The van der Waals surface area contributed by atoms with Crippen LogP contribution in [0, 0.1) is 6.92 Å². The topological polar surface area (TPSA) is 27.7 Å². The third-order valence-corrected chi connectivity index (χ3v) is 1.52. The van der Waals surface area contributed by atoms with Crippen LogP contribution in [-0.4, -0.2) is 28.7 Å². The van der Waals surface area contributed by atoms with E-state index in [1.807, 2.05) is 18.2 Å². The fourth-order valence-electron chi connectivity index (χ4n) is 0.823. The lowest BCUT2D eigenvalue weighted by atomic mass is 10.2. The van der Waals surface area contributed by atoms with Crippen molar-refractivity contribution in [1.29, 1.82) is 0 Å². The van der Waals surface area contributed by atoms with Crippen LogP contribution in [0.25, 0.3) is 0 Å². The summed E-state index contributed by atoms with van der Waals surface area (Å²) >= 11 is 0. The molecule has 0 N–H and O–H groups in total. The second-order valence-electron chi connectivity index (χ2n) is 2.65. The van der Waals surface area contributed by atoms with Crippen LogP contribution in [0.1, 0.15) is 5.56 Å². The Hall–Kier alpha value is -0.835. The van der Waals surface area contributed by atoms with Crippen molar-refractivity contribution in [1.82, 2.24) is 0 Å². The molecule has 0 fully saturated rings. The van der Waals surface area contributed by atoms with Crippen molar-refractivity contribution in [2.24, 2.45) is 0 Å². The molecule has 0 bridgehead atoms. The predicted octanol–water partition coefficient (Wildman–Crippen LogP) is 1.91. The van der Waals surface area contributed by atoms with Crippen molar-refractivity contribution >= 4 is 7.32 Å². The molecule has 0 aliphatic carbocycles. The third kappa shape index (κ3) is 6.66. The van der Waals surface area contributed by atoms with Crippen molar-refractivity contribution in [2.45, 2.75) is 6.92 Å². The van der Waals surface area contributed by atoms with Crippen molar-refractivity contribution < 1.29 is 14.0 Å². The highest BCUT2D eigenvalue weighted by Gasteiger charge is 2.12. The zero-order valence-electron chi connectivity index (χ0n) is 9.19. The van der Waals surface area contributed by atoms with E-state index in [1.54, 1.807) is 0 Å². The molecule has 1 aromatic rings. The van der Waals surface area contributed by atoms with Crippen LogP contribution in [0.5, 0.6) is 0 Å². The second kappa shape index (κ2) is 8.75. The molecule has 0 saturated carbocycles. The standard InChI is InChI=1S/C7H8.C3H9BO3/c1-7-5-3-2-4-6-7;1-5-4(6-2)7-3/h2-6H,1H3;1-3H3. The number of hydrogen-bond donors (Lipinski definition) is 0. The molecule has 0 radical (unpaired) electrons.